The summed E-state index contributed by atoms with van der Waals surface area (Å²) in [4.78, 5) is 11.2. The van der Waals surface area contributed by atoms with Gasteiger partial charge in [0, 0.05) is 17.9 Å². The smallest absolute Gasteiger partial charge is 0.137 e. The molecule has 0 aliphatic heterocycles. The van der Waals surface area contributed by atoms with E-state index in [2.05, 4.69) is 0 Å². The van der Waals surface area contributed by atoms with Gasteiger partial charge in [0.25, 0.3) is 0 Å². The maximum atomic E-state index is 11.2. The Morgan fingerprint density at radius 2 is 2.14 bits per heavy atom. The Balaban J connectivity index is 2.48. The molecule has 2 rings (SSSR count). The molecule has 0 fully saturated rings. The minimum atomic E-state index is 0.268. The highest BCUT2D eigenvalue weighted by atomic mass is 35.5. The maximum Gasteiger partial charge on any atom is 0.137 e. The van der Waals surface area contributed by atoms with Crippen LogP contribution in [-0.4, -0.2) is 12.9 Å². The minimum Gasteiger partial charge on any atom is -0.497 e. The highest BCUT2D eigenvalue weighted by molar-refractivity contribution is 6.31. The number of ketones is 1. The zero-order valence-electron chi connectivity index (χ0n) is 7.97. The Morgan fingerprint density at radius 3 is 2.86 bits per heavy atom. The van der Waals surface area contributed by atoms with Gasteiger partial charge in [0.1, 0.15) is 11.5 Å². The number of carbonyl (C=O) groups excluding carboxylic acids is 1. The van der Waals surface area contributed by atoms with Crippen LogP contribution < -0.4 is 4.74 Å². The van der Waals surface area contributed by atoms with Crippen molar-refractivity contribution in [2.75, 3.05) is 7.11 Å². The summed E-state index contributed by atoms with van der Waals surface area (Å²) < 4.78 is 5.12. The molecule has 74 valence electrons. The molecule has 3 heteroatoms. The van der Waals surface area contributed by atoms with Gasteiger partial charge in [-0.15, -0.1) is 0 Å². The molecule has 0 amide bonds. The number of Topliss-reactive ketones (excluding diaryl/α,β-unsaturated/α-hetero) is 1. The fourth-order valence-corrected chi connectivity index (χ4v) is 2.06. The van der Waals surface area contributed by atoms with Crippen LogP contribution in [0.5, 0.6) is 5.75 Å². The third-order valence-corrected chi connectivity index (χ3v) is 2.88. The molecule has 2 nitrogen and oxygen atoms in total. The van der Waals surface area contributed by atoms with Crippen LogP contribution in [0, 0.1) is 0 Å². The van der Waals surface area contributed by atoms with Gasteiger partial charge in [-0.3, -0.25) is 4.79 Å². The quantitative estimate of drug-likeness (QED) is 0.712. The lowest BCUT2D eigenvalue weighted by atomic mass is 9.91. The molecule has 1 aromatic rings. The summed E-state index contributed by atoms with van der Waals surface area (Å²) in [7, 11) is 1.62. The molecule has 0 radical (unpaired) electrons. The topological polar surface area (TPSA) is 26.3 Å². The van der Waals surface area contributed by atoms with Gasteiger partial charge < -0.3 is 4.74 Å². The first-order chi connectivity index (χ1) is 6.70. The number of benzene rings is 1. The number of carbonyl (C=O) groups is 1. The Bertz CT molecular complexity index is 385. The SMILES string of the molecule is COc1cc(Cl)c2c(c1)CCC(=O)C2. The Morgan fingerprint density at radius 1 is 1.36 bits per heavy atom. The lowest BCUT2D eigenvalue weighted by Crippen LogP contribution is -2.13. The van der Waals surface area contributed by atoms with Crippen molar-refractivity contribution in [2.24, 2.45) is 0 Å². The van der Waals surface area contributed by atoms with Crippen molar-refractivity contribution in [2.45, 2.75) is 19.3 Å². The molecule has 0 aromatic heterocycles. The second-order valence-electron chi connectivity index (χ2n) is 3.46. The van der Waals surface area contributed by atoms with E-state index in [9.17, 15) is 4.79 Å². The van der Waals surface area contributed by atoms with E-state index in [1.165, 1.54) is 0 Å². The average Bonchev–Trinajstić information content (AvgIpc) is 2.19. The van der Waals surface area contributed by atoms with Gasteiger partial charge in [-0.2, -0.15) is 0 Å². The summed E-state index contributed by atoms with van der Waals surface area (Å²) in [5, 5.41) is 0.646. The first kappa shape index (κ1) is 9.53. The normalized spacial score (nSPS) is 15.1. The summed E-state index contributed by atoms with van der Waals surface area (Å²) in [6.07, 6.45) is 1.87. The third kappa shape index (κ3) is 1.62. The van der Waals surface area contributed by atoms with Crippen LogP contribution in [0.4, 0.5) is 0 Å². The van der Waals surface area contributed by atoms with E-state index in [-0.39, 0.29) is 5.78 Å². The molecule has 1 aliphatic carbocycles. The number of ether oxygens (including phenoxy) is 1. The number of hydrogen-bond acceptors (Lipinski definition) is 2. The summed E-state index contributed by atoms with van der Waals surface area (Å²) in [5.74, 6) is 1.03. The van der Waals surface area contributed by atoms with E-state index in [0.29, 0.717) is 17.9 Å². The molecule has 1 aliphatic rings. The van der Waals surface area contributed by atoms with Crippen molar-refractivity contribution in [1.82, 2.24) is 0 Å². The summed E-state index contributed by atoms with van der Waals surface area (Å²) in [5.41, 5.74) is 2.12. The number of rotatable bonds is 1. The Labute approximate surface area is 87.8 Å². The Kier molecular flexibility index (Phi) is 2.46. The first-order valence-electron chi connectivity index (χ1n) is 4.57. The van der Waals surface area contributed by atoms with E-state index < -0.39 is 0 Å². The van der Waals surface area contributed by atoms with Gasteiger partial charge in [-0.05, 0) is 29.7 Å². The monoisotopic (exact) mass is 210 g/mol. The van der Waals surface area contributed by atoms with E-state index in [0.717, 1.165) is 23.3 Å². The number of methoxy groups -OCH3 is 1. The second kappa shape index (κ2) is 3.62. The molecular weight excluding hydrogens is 200 g/mol. The summed E-state index contributed by atoms with van der Waals surface area (Å²) in [6, 6.07) is 3.73. The molecule has 0 atom stereocenters. The number of fused-ring (bicyclic) bond motifs is 1. The summed E-state index contributed by atoms with van der Waals surface area (Å²) >= 11 is 6.06. The molecule has 0 spiro atoms. The zero-order valence-corrected chi connectivity index (χ0v) is 8.73. The molecule has 0 saturated heterocycles. The van der Waals surface area contributed by atoms with Gasteiger partial charge in [0.15, 0.2) is 0 Å². The molecule has 14 heavy (non-hydrogen) atoms. The number of hydrogen-bond donors (Lipinski definition) is 0. The number of aryl methyl sites for hydroxylation is 1. The van der Waals surface area contributed by atoms with E-state index in [1.807, 2.05) is 6.07 Å². The first-order valence-corrected chi connectivity index (χ1v) is 4.95. The fourth-order valence-electron chi connectivity index (χ4n) is 1.76. The molecule has 1 aromatic carbocycles. The fraction of sp³-hybridized carbons (Fsp3) is 0.364. The molecule has 0 unspecified atom stereocenters. The van der Waals surface area contributed by atoms with Gasteiger partial charge >= 0.3 is 0 Å². The predicted octanol–water partition coefficient (Wildman–Crippen LogP) is 2.41. The van der Waals surface area contributed by atoms with Crippen molar-refractivity contribution < 1.29 is 9.53 Å². The second-order valence-corrected chi connectivity index (χ2v) is 3.87. The van der Waals surface area contributed by atoms with Crippen molar-refractivity contribution in [3.63, 3.8) is 0 Å². The number of halogens is 1. The molecular formula is C11H11ClO2. The van der Waals surface area contributed by atoms with Crippen LogP contribution in [0.15, 0.2) is 12.1 Å². The predicted molar refractivity (Wildman–Crippen MR) is 55.0 cm³/mol. The maximum absolute atomic E-state index is 11.2. The molecule has 0 N–H and O–H groups in total. The van der Waals surface area contributed by atoms with E-state index in [1.54, 1.807) is 13.2 Å². The van der Waals surface area contributed by atoms with E-state index in [4.69, 9.17) is 16.3 Å². The van der Waals surface area contributed by atoms with Crippen LogP contribution in [0.3, 0.4) is 0 Å². The lowest BCUT2D eigenvalue weighted by molar-refractivity contribution is -0.118. The lowest BCUT2D eigenvalue weighted by Gasteiger charge is -2.17. The van der Waals surface area contributed by atoms with Crippen LogP contribution in [0.25, 0.3) is 0 Å². The van der Waals surface area contributed by atoms with Crippen molar-refractivity contribution in [3.05, 3.63) is 28.3 Å². The summed E-state index contributed by atoms with van der Waals surface area (Å²) in [6.45, 7) is 0. The third-order valence-electron chi connectivity index (χ3n) is 2.54. The molecule has 0 saturated carbocycles. The average molecular weight is 211 g/mol. The van der Waals surface area contributed by atoms with E-state index >= 15 is 0 Å². The Hall–Kier alpha value is -1.02. The zero-order chi connectivity index (χ0) is 10.1. The minimum absolute atomic E-state index is 0.268. The molecule has 0 bridgehead atoms. The van der Waals surface area contributed by atoms with Crippen LogP contribution in [0.1, 0.15) is 17.5 Å². The van der Waals surface area contributed by atoms with Gasteiger partial charge in [-0.25, -0.2) is 0 Å². The van der Waals surface area contributed by atoms with Gasteiger partial charge in [0.05, 0.1) is 7.11 Å². The van der Waals surface area contributed by atoms with Crippen LogP contribution >= 0.6 is 11.6 Å². The molecule has 0 heterocycles. The van der Waals surface area contributed by atoms with Gasteiger partial charge in [-0.1, -0.05) is 11.6 Å². The van der Waals surface area contributed by atoms with Crippen molar-refractivity contribution in [3.8, 4) is 5.75 Å². The van der Waals surface area contributed by atoms with Crippen molar-refractivity contribution in [1.29, 1.82) is 0 Å². The largest absolute Gasteiger partial charge is 0.497 e. The highest BCUT2D eigenvalue weighted by Crippen LogP contribution is 2.30. The standard InChI is InChI=1S/C11H11ClO2/c1-14-9-4-7-2-3-8(13)5-10(7)11(12)6-9/h4,6H,2-3,5H2,1H3. The van der Waals surface area contributed by atoms with Crippen LogP contribution in [-0.2, 0) is 17.6 Å². The van der Waals surface area contributed by atoms with Crippen LogP contribution in [0.2, 0.25) is 5.02 Å². The van der Waals surface area contributed by atoms with Crippen molar-refractivity contribution >= 4 is 17.4 Å². The van der Waals surface area contributed by atoms with Gasteiger partial charge in [0.2, 0.25) is 0 Å². The highest BCUT2D eigenvalue weighted by Gasteiger charge is 2.18.